The number of hydrogen-bond donors (Lipinski definition) is 3. The van der Waals surface area contributed by atoms with Crippen LogP contribution in [-0.4, -0.2) is 53.2 Å². The molecule has 1 aliphatic rings. The SMILES string of the molecule is CN(C)C1CCCC1NCc1ccccc1.O=C(O)C=CC(=O)O. The van der Waals surface area contributed by atoms with Crippen molar-refractivity contribution in [2.75, 3.05) is 14.1 Å². The third kappa shape index (κ3) is 7.89. The van der Waals surface area contributed by atoms with Gasteiger partial charge in [-0.15, -0.1) is 0 Å². The maximum Gasteiger partial charge on any atom is 0.328 e. The normalized spacial score (nSPS) is 20.0. The molecule has 0 spiro atoms. The quantitative estimate of drug-likeness (QED) is 0.689. The second-order valence-corrected chi connectivity index (χ2v) is 5.94. The molecule has 1 aliphatic carbocycles. The molecule has 0 bridgehead atoms. The summed E-state index contributed by atoms with van der Waals surface area (Å²) in [6.45, 7) is 0.996. The predicted octanol–water partition coefficient (Wildman–Crippen LogP) is 1.97. The number of likely N-dealkylation sites (N-methyl/N-ethyl adjacent to an activating group) is 1. The average molecular weight is 334 g/mol. The van der Waals surface area contributed by atoms with Gasteiger partial charge in [0, 0.05) is 30.8 Å². The predicted molar refractivity (Wildman–Crippen MR) is 92.8 cm³/mol. The van der Waals surface area contributed by atoms with E-state index in [2.05, 4.69) is 54.6 Å². The number of rotatable bonds is 6. The zero-order chi connectivity index (χ0) is 17.9. The van der Waals surface area contributed by atoms with Crippen LogP contribution in [0.25, 0.3) is 0 Å². The van der Waals surface area contributed by atoms with Crippen molar-refractivity contribution in [3.63, 3.8) is 0 Å². The Hall–Kier alpha value is -2.18. The van der Waals surface area contributed by atoms with Crippen LogP contribution in [0.4, 0.5) is 0 Å². The topological polar surface area (TPSA) is 89.9 Å². The van der Waals surface area contributed by atoms with Gasteiger partial charge in [-0.3, -0.25) is 0 Å². The third-order valence-electron chi connectivity index (χ3n) is 3.92. The highest BCUT2D eigenvalue weighted by molar-refractivity contribution is 5.89. The minimum atomic E-state index is -1.26. The Balaban J connectivity index is 0.000000307. The van der Waals surface area contributed by atoms with E-state index in [1.54, 1.807) is 0 Å². The summed E-state index contributed by atoms with van der Waals surface area (Å²) >= 11 is 0. The first-order valence-corrected chi connectivity index (χ1v) is 7.98. The van der Waals surface area contributed by atoms with E-state index in [1.807, 2.05) is 0 Å². The molecule has 1 saturated carbocycles. The van der Waals surface area contributed by atoms with Crippen LogP contribution < -0.4 is 5.32 Å². The molecule has 0 heterocycles. The Kier molecular flexibility index (Phi) is 8.75. The van der Waals surface area contributed by atoms with E-state index in [0.29, 0.717) is 24.2 Å². The van der Waals surface area contributed by atoms with E-state index >= 15 is 0 Å². The molecule has 2 unspecified atom stereocenters. The molecule has 1 fully saturated rings. The molecule has 132 valence electrons. The molecular weight excluding hydrogens is 308 g/mol. The molecular formula is C18H26N2O4. The number of carboxylic acid groups (broad SMARTS) is 2. The molecule has 24 heavy (non-hydrogen) atoms. The van der Waals surface area contributed by atoms with Crippen LogP contribution in [0.2, 0.25) is 0 Å². The summed E-state index contributed by atoms with van der Waals surface area (Å²) in [5.74, 6) is -2.51. The lowest BCUT2D eigenvalue weighted by molar-refractivity contribution is -0.134. The van der Waals surface area contributed by atoms with Gasteiger partial charge in [0.15, 0.2) is 0 Å². The molecule has 2 atom stereocenters. The van der Waals surface area contributed by atoms with Gasteiger partial charge in [-0.1, -0.05) is 36.8 Å². The molecule has 6 nitrogen and oxygen atoms in total. The Morgan fingerprint density at radius 1 is 1.12 bits per heavy atom. The highest BCUT2D eigenvalue weighted by atomic mass is 16.4. The number of aliphatic carboxylic acids is 2. The second kappa shape index (κ2) is 10.6. The largest absolute Gasteiger partial charge is 0.478 e. The van der Waals surface area contributed by atoms with Crippen molar-refractivity contribution in [2.45, 2.75) is 37.9 Å². The van der Waals surface area contributed by atoms with E-state index in [0.717, 1.165) is 6.54 Å². The highest BCUT2D eigenvalue weighted by Gasteiger charge is 2.27. The Morgan fingerprint density at radius 2 is 1.71 bits per heavy atom. The number of benzene rings is 1. The van der Waals surface area contributed by atoms with E-state index in [1.165, 1.54) is 24.8 Å². The molecule has 3 N–H and O–H groups in total. The van der Waals surface area contributed by atoms with Gasteiger partial charge in [0.05, 0.1) is 0 Å². The number of nitrogens with zero attached hydrogens (tertiary/aromatic N) is 1. The molecule has 0 aliphatic heterocycles. The standard InChI is InChI=1S/C14H22N2.C4H4O4/c1-16(2)14-10-6-9-13(14)15-11-12-7-4-3-5-8-12;5-3(6)1-2-4(7)8/h3-5,7-8,13-15H,6,9-11H2,1-2H3;1-2H,(H,5,6)(H,7,8). The lowest BCUT2D eigenvalue weighted by Gasteiger charge is -2.27. The Labute approximate surface area is 142 Å². The number of carbonyl (C=O) groups is 2. The molecule has 0 radical (unpaired) electrons. The fraction of sp³-hybridized carbons (Fsp3) is 0.444. The number of hydrogen-bond acceptors (Lipinski definition) is 4. The minimum Gasteiger partial charge on any atom is -0.478 e. The van der Waals surface area contributed by atoms with Crippen LogP contribution in [-0.2, 0) is 16.1 Å². The van der Waals surface area contributed by atoms with Crippen molar-refractivity contribution in [3.8, 4) is 0 Å². The van der Waals surface area contributed by atoms with Crippen LogP contribution in [0.15, 0.2) is 42.5 Å². The van der Waals surface area contributed by atoms with Gasteiger partial charge in [0.1, 0.15) is 0 Å². The monoisotopic (exact) mass is 334 g/mol. The lowest BCUT2D eigenvalue weighted by Crippen LogP contribution is -2.43. The average Bonchev–Trinajstić information content (AvgIpc) is 3.01. The van der Waals surface area contributed by atoms with Crippen LogP contribution in [0.5, 0.6) is 0 Å². The van der Waals surface area contributed by atoms with Crippen LogP contribution >= 0.6 is 0 Å². The van der Waals surface area contributed by atoms with Gasteiger partial charge < -0.3 is 20.4 Å². The first kappa shape index (κ1) is 19.9. The summed E-state index contributed by atoms with van der Waals surface area (Å²) in [7, 11) is 4.38. The summed E-state index contributed by atoms with van der Waals surface area (Å²) in [6.07, 6.45) is 5.12. The fourth-order valence-corrected chi connectivity index (χ4v) is 2.78. The Bertz CT molecular complexity index is 527. The summed E-state index contributed by atoms with van der Waals surface area (Å²) < 4.78 is 0. The first-order chi connectivity index (χ1) is 11.4. The minimum absolute atomic E-state index is 0.558. The smallest absolute Gasteiger partial charge is 0.328 e. The van der Waals surface area contributed by atoms with E-state index < -0.39 is 11.9 Å². The molecule has 2 rings (SSSR count). The fourth-order valence-electron chi connectivity index (χ4n) is 2.78. The van der Waals surface area contributed by atoms with Crippen LogP contribution in [0.3, 0.4) is 0 Å². The van der Waals surface area contributed by atoms with Crippen LogP contribution in [0, 0.1) is 0 Å². The molecule has 6 heteroatoms. The van der Waals surface area contributed by atoms with Crippen molar-refractivity contribution < 1.29 is 19.8 Å². The van der Waals surface area contributed by atoms with Crippen molar-refractivity contribution in [1.82, 2.24) is 10.2 Å². The van der Waals surface area contributed by atoms with Gasteiger partial charge in [0.2, 0.25) is 0 Å². The zero-order valence-electron chi connectivity index (χ0n) is 14.2. The van der Waals surface area contributed by atoms with Crippen molar-refractivity contribution in [2.24, 2.45) is 0 Å². The van der Waals surface area contributed by atoms with Gasteiger partial charge in [-0.05, 0) is 32.5 Å². The number of carboxylic acids is 2. The summed E-state index contributed by atoms with van der Waals surface area (Å²) in [5, 5.41) is 19.3. The van der Waals surface area contributed by atoms with Gasteiger partial charge in [0.25, 0.3) is 0 Å². The highest BCUT2D eigenvalue weighted by Crippen LogP contribution is 2.22. The molecule has 0 amide bonds. The second-order valence-electron chi connectivity index (χ2n) is 5.94. The zero-order valence-corrected chi connectivity index (χ0v) is 14.2. The lowest BCUT2D eigenvalue weighted by atomic mass is 10.1. The Morgan fingerprint density at radius 3 is 2.21 bits per heavy atom. The summed E-state index contributed by atoms with van der Waals surface area (Å²) in [4.78, 5) is 21.5. The first-order valence-electron chi connectivity index (χ1n) is 7.98. The number of nitrogens with one attached hydrogen (secondary N) is 1. The summed E-state index contributed by atoms with van der Waals surface area (Å²) in [5.41, 5.74) is 1.38. The van der Waals surface area contributed by atoms with Crippen LogP contribution in [0.1, 0.15) is 24.8 Å². The molecule has 1 aromatic carbocycles. The van der Waals surface area contributed by atoms with E-state index in [9.17, 15) is 9.59 Å². The van der Waals surface area contributed by atoms with Crippen molar-refractivity contribution in [1.29, 1.82) is 0 Å². The van der Waals surface area contributed by atoms with Gasteiger partial charge >= 0.3 is 11.9 Å². The molecule has 1 aromatic rings. The maximum atomic E-state index is 9.55. The van der Waals surface area contributed by atoms with E-state index in [4.69, 9.17) is 10.2 Å². The van der Waals surface area contributed by atoms with Crippen molar-refractivity contribution in [3.05, 3.63) is 48.0 Å². The van der Waals surface area contributed by atoms with Crippen molar-refractivity contribution >= 4 is 11.9 Å². The summed E-state index contributed by atoms with van der Waals surface area (Å²) in [6, 6.07) is 12.0. The maximum absolute atomic E-state index is 9.55. The van der Waals surface area contributed by atoms with Gasteiger partial charge in [-0.25, -0.2) is 9.59 Å². The molecule has 0 aromatic heterocycles. The van der Waals surface area contributed by atoms with E-state index in [-0.39, 0.29) is 0 Å². The third-order valence-corrected chi connectivity index (χ3v) is 3.92. The molecule has 0 saturated heterocycles. The van der Waals surface area contributed by atoms with Gasteiger partial charge in [-0.2, -0.15) is 0 Å².